The maximum absolute atomic E-state index is 4.50. The summed E-state index contributed by atoms with van der Waals surface area (Å²) in [6.45, 7) is 7.78. The standard InChI is InChI=1S/C6H12.C2H4O/c1-3-5-6-4-2;1-2-3-1/h3H,1,4-6H2,2H3;1-2H2. The van der Waals surface area contributed by atoms with Crippen molar-refractivity contribution in [3.05, 3.63) is 12.7 Å². The van der Waals surface area contributed by atoms with Crippen molar-refractivity contribution in [3.8, 4) is 0 Å². The Hall–Kier alpha value is -0.300. The lowest BCUT2D eigenvalue weighted by molar-refractivity contribution is 0.475. The topological polar surface area (TPSA) is 12.5 Å². The lowest BCUT2D eigenvalue weighted by Gasteiger charge is -1.81. The average molecular weight is 128 g/mol. The van der Waals surface area contributed by atoms with E-state index in [4.69, 9.17) is 0 Å². The molecule has 0 unspecified atom stereocenters. The lowest BCUT2D eigenvalue weighted by Crippen LogP contribution is -1.61. The van der Waals surface area contributed by atoms with E-state index in [0.29, 0.717) is 0 Å². The molecule has 0 aromatic carbocycles. The molecule has 0 radical (unpaired) electrons. The first kappa shape index (κ1) is 8.70. The van der Waals surface area contributed by atoms with Crippen molar-refractivity contribution in [3.63, 3.8) is 0 Å². The fourth-order valence-corrected chi connectivity index (χ4v) is 0.348. The molecular formula is C8H16O. The fraction of sp³-hybridized carbons (Fsp3) is 0.750. The van der Waals surface area contributed by atoms with E-state index in [2.05, 4.69) is 18.2 Å². The van der Waals surface area contributed by atoms with E-state index in [1.165, 1.54) is 19.3 Å². The number of unbranched alkanes of at least 4 members (excludes halogenated alkanes) is 2. The third kappa shape index (κ3) is 18.3. The van der Waals surface area contributed by atoms with E-state index in [0.717, 1.165) is 13.2 Å². The van der Waals surface area contributed by atoms with Crippen LogP contribution in [0.4, 0.5) is 0 Å². The molecule has 1 nitrogen and oxygen atoms in total. The SMILES string of the molecule is C1CO1.C=CCCCC. The van der Waals surface area contributed by atoms with Crippen LogP contribution in [0.25, 0.3) is 0 Å². The molecule has 1 aliphatic rings. The van der Waals surface area contributed by atoms with Crippen molar-refractivity contribution >= 4 is 0 Å². The Kier molecular flexibility index (Phi) is 7.44. The van der Waals surface area contributed by atoms with E-state index >= 15 is 0 Å². The summed E-state index contributed by atoms with van der Waals surface area (Å²) >= 11 is 0. The monoisotopic (exact) mass is 128 g/mol. The first-order valence-corrected chi connectivity index (χ1v) is 3.60. The number of ether oxygens (including phenoxy) is 1. The molecule has 0 saturated carbocycles. The Morgan fingerprint density at radius 3 is 2.22 bits per heavy atom. The Morgan fingerprint density at radius 1 is 1.56 bits per heavy atom. The minimum Gasteiger partial charge on any atom is -0.377 e. The Bertz CT molecular complexity index is 54.8. The predicted octanol–water partition coefficient (Wildman–Crippen LogP) is 2.38. The quantitative estimate of drug-likeness (QED) is 0.323. The highest BCUT2D eigenvalue weighted by Gasteiger charge is 1.94. The van der Waals surface area contributed by atoms with Gasteiger partial charge in [0.15, 0.2) is 0 Å². The van der Waals surface area contributed by atoms with Crippen molar-refractivity contribution in [1.29, 1.82) is 0 Å². The second-order valence-corrected chi connectivity index (χ2v) is 2.04. The highest BCUT2D eigenvalue weighted by atomic mass is 16.6. The summed E-state index contributed by atoms with van der Waals surface area (Å²) in [5.74, 6) is 0. The zero-order valence-corrected chi connectivity index (χ0v) is 6.23. The smallest absolute Gasteiger partial charge is 0.0701 e. The lowest BCUT2D eigenvalue weighted by atomic mass is 10.3. The van der Waals surface area contributed by atoms with Crippen LogP contribution >= 0.6 is 0 Å². The van der Waals surface area contributed by atoms with Crippen LogP contribution in [-0.4, -0.2) is 13.2 Å². The molecule has 0 aromatic rings. The number of epoxide rings is 1. The van der Waals surface area contributed by atoms with Gasteiger partial charge in [-0.2, -0.15) is 0 Å². The van der Waals surface area contributed by atoms with Gasteiger partial charge in [0, 0.05) is 0 Å². The summed E-state index contributed by atoms with van der Waals surface area (Å²) in [6.07, 6.45) is 5.72. The first-order valence-electron chi connectivity index (χ1n) is 3.60. The van der Waals surface area contributed by atoms with Gasteiger partial charge >= 0.3 is 0 Å². The molecule has 1 aliphatic heterocycles. The molecule has 1 fully saturated rings. The maximum Gasteiger partial charge on any atom is 0.0701 e. The molecule has 0 N–H and O–H groups in total. The van der Waals surface area contributed by atoms with Gasteiger partial charge in [0.1, 0.15) is 0 Å². The van der Waals surface area contributed by atoms with Gasteiger partial charge in [-0.05, 0) is 6.42 Å². The number of hydrogen-bond donors (Lipinski definition) is 0. The molecule has 1 rings (SSSR count). The van der Waals surface area contributed by atoms with Crippen LogP contribution in [0.2, 0.25) is 0 Å². The Balaban J connectivity index is 0.000000173. The fourth-order valence-electron chi connectivity index (χ4n) is 0.348. The molecule has 1 saturated heterocycles. The summed E-state index contributed by atoms with van der Waals surface area (Å²) in [5.41, 5.74) is 0. The third-order valence-electron chi connectivity index (χ3n) is 0.966. The van der Waals surface area contributed by atoms with Crippen molar-refractivity contribution in [2.45, 2.75) is 26.2 Å². The van der Waals surface area contributed by atoms with Crippen LogP contribution in [0.15, 0.2) is 12.7 Å². The Labute approximate surface area is 57.7 Å². The molecule has 0 amide bonds. The second kappa shape index (κ2) is 7.70. The molecule has 0 bridgehead atoms. The number of rotatable bonds is 3. The summed E-state index contributed by atoms with van der Waals surface area (Å²) in [4.78, 5) is 0. The van der Waals surface area contributed by atoms with Crippen molar-refractivity contribution < 1.29 is 4.74 Å². The van der Waals surface area contributed by atoms with Crippen LogP contribution in [0.3, 0.4) is 0 Å². The van der Waals surface area contributed by atoms with E-state index in [1.54, 1.807) is 0 Å². The molecule has 0 aromatic heterocycles. The highest BCUT2D eigenvalue weighted by Crippen LogP contribution is 1.91. The molecule has 1 heterocycles. The number of hydrogen-bond acceptors (Lipinski definition) is 1. The molecule has 1 heteroatoms. The molecule has 0 atom stereocenters. The molecular weight excluding hydrogens is 112 g/mol. The summed E-state index contributed by atoms with van der Waals surface area (Å²) < 4.78 is 4.50. The van der Waals surface area contributed by atoms with E-state index in [9.17, 15) is 0 Å². The first-order chi connectivity index (χ1) is 4.41. The van der Waals surface area contributed by atoms with Crippen LogP contribution in [0, 0.1) is 0 Å². The predicted molar refractivity (Wildman–Crippen MR) is 40.5 cm³/mol. The zero-order valence-electron chi connectivity index (χ0n) is 6.23. The van der Waals surface area contributed by atoms with E-state index in [1.807, 2.05) is 6.08 Å². The van der Waals surface area contributed by atoms with Gasteiger partial charge < -0.3 is 4.74 Å². The van der Waals surface area contributed by atoms with Gasteiger partial charge in [-0.3, -0.25) is 0 Å². The molecule has 54 valence electrons. The van der Waals surface area contributed by atoms with E-state index < -0.39 is 0 Å². The van der Waals surface area contributed by atoms with Gasteiger partial charge in [0.25, 0.3) is 0 Å². The van der Waals surface area contributed by atoms with E-state index in [-0.39, 0.29) is 0 Å². The van der Waals surface area contributed by atoms with Crippen molar-refractivity contribution in [2.24, 2.45) is 0 Å². The van der Waals surface area contributed by atoms with Crippen LogP contribution in [-0.2, 0) is 4.74 Å². The van der Waals surface area contributed by atoms with Crippen LogP contribution < -0.4 is 0 Å². The van der Waals surface area contributed by atoms with Crippen molar-refractivity contribution in [2.75, 3.05) is 13.2 Å². The van der Waals surface area contributed by atoms with Crippen molar-refractivity contribution in [1.82, 2.24) is 0 Å². The molecule has 0 aliphatic carbocycles. The maximum atomic E-state index is 4.50. The third-order valence-corrected chi connectivity index (χ3v) is 0.966. The largest absolute Gasteiger partial charge is 0.377 e. The second-order valence-electron chi connectivity index (χ2n) is 2.04. The minimum absolute atomic E-state index is 1.00. The normalized spacial score (nSPS) is 13.4. The average Bonchev–Trinajstić information content (AvgIpc) is 2.67. The van der Waals surface area contributed by atoms with Gasteiger partial charge in [-0.15, -0.1) is 6.58 Å². The van der Waals surface area contributed by atoms with Gasteiger partial charge in [0.05, 0.1) is 13.2 Å². The molecule has 9 heavy (non-hydrogen) atoms. The summed E-state index contributed by atoms with van der Waals surface area (Å²) in [6, 6.07) is 0. The Morgan fingerprint density at radius 2 is 2.11 bits per heavy atom. The van der Waals surface area contributed by atoms with Gasteiger partial charge in [-0.25, -0.2) is 0 Å². The van der Waals surface area contributed by atoms with Crippen LogP contribution in [0.5, 0.6) is 0 Å². The molecule has 0 spiro atoms. The highest BCUT2D eigenvalue weighted by molar-refractivity contribution is 4.64. The van der Waals surface area contributed by atoms with Crippen LogP contribution in [0.1, 0.15) is 26.2 Å². The summed E-state index contributed by atoms with van der Waals surface area (Å²) in [7, 11) is 0. The van der Waals surface area contributed by atoms with Gasteiger partial charge in [-0.1, -0.05) is 25.8 Å². The number of allylic oxidation sites excluding steroid dienone is 1. The van der Waals surface area contributed by atoms with Gasteiger partial charge in [0.2, 0.25) is 0 Å². The summed E-state index contributed by atoms with van der Waals surface area (Å²) in [5, 5.41) is 0. The minimum atomic E-state index is 1.00. The zero-order chi connectivity index (χ0) is 6.95.